The van der Waals surface area contributed by atoms with E-state index in [0.717, 1.165) is 11.8 Å². The van der Waals surface area contributed by atoms with E-state index in [1.54, 1.807) is 0 Å². The number of amides is 1. The predicted octanol–water partition coefficient (Wildman–Crippen LogP) is 1.80. The summed E-state index contributed by atoms with van der Waals surface area (Å²) < 4.78 is 28.1. The number of aryl methyl sites for hydroxylation is 1. The van der Waals surface area contributed by atoms with Gasteiger partial charge >= 0.3 is 5.22 Å². The van der Waals surface area contributed by atoms with Crippen LogP contribution in [0.15, 0.2) is 33.9 Å². The zero-order chi connectivity index (χ0) is 17.3. The Morgan fingerprint density at radius 3 is 2.46 bits per heavy atom. The highest BCUT2D eigenvalue weighted by Crippen LogP contribution is 2.28. The number of carbonyl (C=O) groups excluding carboxylic acids is 1. The third-order valence-electron chi connectivity index (χ3n) is 4.25. The number of hydrogen-bond acceptors (Lipinski definition) is 6. The number of benzene rings is 1. The van der Waals surface area contributed by atoms with Gasteiger partial charge in [-0.05, 0) is 31.4 Å². The molecular weight excluding hydrogens is 330 g/mol. The second-order valence-corrected chi connectivity index (χ2v) is 7.95. The van der Waals surface area contributed by atoms with E-state index in [9.17, 15) is 13.2 Å². The first-order valence-electron chi connectivity index (χ1n) is 7.74. The molecule has 1 fully saturated rings. The van der Waals surface area contributed by atoms with Gasteiger partial charge in [0.05, 0.1) is 0 Å². The van der Waals surface area contributed by atoms with Crippen molar-refractivity contribution in [2.24, 2.45) is 0 Å². The summed E-state index contributed by atoms with van der Waals surface area (Å²) >= 11 is 0. The normalized spacial score (nSPS) is 16.3. The second-order valence-electron chi connectivity index (χ2n) is 6.06. The first-order chi connectivity index (χ1) is 11.4. The quantitative estimate of drug-likeness (QED) is 0.839. The van der Waals surface area contributed by atoms with Gasteiger partial charge in [-0.2, -0.15) is 0 Å². The Bertz CT molecular complexity index is 852. The highest BCUT2D eigenvalue weighted by molar-refractivity contribution is 7.90. The number of aromatic nitrogens is 2. The summed E-state index contributed by atoms with van der Waals surface area (Å²) in [6.07, 6.45) is 2.37. The molecule has 0 N–H and O–H groups in total. The van der Waals surface area contributed by atoms with Gasteiger partial charge in [0.1, 0.15) is 0 Å². The lowest BCUT2D eigenvalue weighted by Gasteiger charge is -2.30. The lowest BCUT2D eigenvalue weighted by molar-refractivity contribution is 0.0704. The van der Waals surface area contributed by atoms with Crippen molar-refractivity contribution in [3.05, 3.63) is 41.3 Å². The maximum atomic E-state index is 12.6. The number of rotatable bonds is 3. The Kier molecular flexibility index (Phi) is 4.40. The van der Waals surface area contributed by atoms with E-state index in [4.69, 9.17) is 4.42 Å². The Balaban J connectivity index is 1.67. The van der Waals surface area contributed by atoms with Crippen LogP contribution in [-0.4, -0.2) is 48.8 Å². The molecule has 0 spiro atoms. The summed E-state index contributed by atoms with van der Waals surface area (Å²) in [7, 11) is -3.49. The van der Waals surface area contributed by atoms with E-state index in [1.165, 1.54) is 0 Å². The average Bonchev–Trinajstić information content (AvgIpc) is 3.05. The first kappa shape index (κ1) is 16.6. The van der Waals surface area contributed by atoms with E-state index in [1.807, 2.05) is 36.1 Å². The first-order valence-corrected chi connectivity index (χ1v) is 9.64. The van der Waals surface area contributed by atoms with Crippen molar-refractivity contribution >= 4 is 15.7 Å². The third-order valence-corrected chi connectivity index (χ3v) is 5.05. The van der Waals surface area contributed by atoms with Gasteiger partial charge in [-0.15, -0.1) is 5.10 Å². The van der Waals surface area contributed by atoms with Gasteiger partial charge in [0.25, 0.3) is 5.91 Å². The number of piperidine rings is 1. The standard InChI is InChI=1S/C16H19N3O4S/c1-11-5-3-4-6-13(11)15(20)19-9-7-12(8-10-19)14-17-18-16(23-14)24(2,21)22/h3-6,12H,7-10H2,1-2H3. The fraction of sp³-hybridized carbons (Fsp3) is 0.438. The van der Waals surface area contributed by atoms with Crippen LogP contribution in [0, 0.1) is 6.92 Å². The molecule has 0 unspecified atom stereocenters. The minimum absolute atomic E-state index is 0.0195. The number of nitrogens with zero attached hydrogens (tertiary/aromatic N) is 3. The van der Waals surface area contributed by atoms with Crippen molar-refractivity contribution in [1.82, 2.24) is 15.1 Å². The zero-order valence-corrected chi connectivity index (χ0v) is 14.4. The van der Waals surface area contributed by atoms with Crippen molar-refractivity contribution in [3.8, 4) is 0 Å². The van der Waals surface area contributed by atoms with Gasteiger partial charge in [-0.1, -0.05) is 23.3 Å². The van der Waals surface area contributed by atoms with Crippen molar-refractivity contribution in [2.75, 3.05) is 19.3 Å². The summed E-state index contributed by atoms with van der Waals surface area (Å²) in [4.78, 5) is 14.4. The predicted molar refractivity (Wildman–Crippen MR) is 86.5 cm³/mol. The van der Waals surface area contributed by atoms with Crippen LogP contribution in [-0.2, 0) is 9.84 Å². The van der Waals surface area contributed by atoms with Crippen LogP contribution in [0.2, 0.25) is 0 Å². The highest BCUT2D eigenvalue weighted by atomic mass is 32.2. The molecule has 0 radical (unpaired) electrons. The minimum Gasteiger partial charge on any atom is -0.412 e. The lowest BCUT2D eigenvalue weighted by atomic mass is 9.96. The Morgan fingerprint density at radius 1 is 1.21 bits per heavy atom. The molecule has 128 valence electrons. The number of carbonyl (C=O) groups is 1. The fourth-order valence-corrected chi connectivity index (χ4v) is 3.27. The molecule has 2 heterocycles. The van der Waals surface area contributed by atoms with E-state index in [0.29, 0.717) is 37.4 Å². The fourth-order valence-electron chi connectivity index (χ4n) is 2.85. The summed E-state index contributed by atoms with van der Waals surface area (Å²) in [6, 6.07) is 7.52. The monoisotopic (exact) mass is 349 g/mol. The summed E-state index contributed by atoms with van der Waals surface area (Å²) in [6.45, 7) is 3.08. The van der Waals surface area contributed by atoms with Gasteiger partial charge in [0.15, 0.2) is 0 Å². The largest absolute Gasteiger partial charge is 0.412 e. The third kappa shape index (κ3) is 3.33. The highest BCUT2D eigenvalue weighted by Gasteiger charge is 2.29. The van der Waals surface area contributed by atoms with Gasteiger partial charge in [0, 0.05) is 30.8 Å². The van der Waals surface area contributed by atoms with Gasteiger partial charge < -0.3 is 9.32 Å². The molecule has 1 saturated heterocycles. The van der Waals surface area contributed by atoms with Gasteiger partial charge in [-0.25, -0.2) is 8.42 Å². The summed E-state index contributed by atoms with van der Waals surface area (Å²) in [5.41, 5.74) is 1.67. The van der Waals surface area contributed by atoms with E-state index < -0.39 is 9.84 Å². The van der Waals surface area contributed by atoms with Gasteiger partial charge in [-0.3, -0.25) is 4.79 Å². The topological polar surface area (TPSA) is 93.4 Å². The molecule has 2 aromatic rings. The Hall–Kier alpha value is -2.22. The van der Waals surface area contributed by atoms with E-state index in [2.05, 4.69) is 10.2 Å². The maximum absolute atomic E-state index is 12.6. The van der Waals surface area contributed by atoms with Crippen molar-refractivity contribution < 1.29 is 17.6 Å². The molecule has 0 bridgehead atoms. The van der Waals surface area contributed by atoms with Crippen molar-refractivity contribution in [2.45, 2.75) is 30.9 Å². The molecule has 1 aliphatic rings. The van der Waals surface area contributed by atoms with Crippen LogP contribution >= 0.6 is 0 Å². The van der Waals surface area contributed by atoms with E-state index in [-0.39, 0.29) is 17.0 Å². The van der Waals surface area contributed by atoms with Crippen LogP contribution in [0.25, 0.3) is 0 Å². The molecule has 0 aliphatic carbocycles. The van der Waals surface area contributed by atoms with Crippen LogP contribution in [0.4, 0.5) is 0 Å². The number of sulfone groups is 1. The summed E-state index contributed by atoms with van der Waals surface area (Å²) in [5, 5.41) is 7.09. The molecule has 0 saturated carbocycles. The molecule has 24 heavy (non-hydrogen) atoms. The van der Waals surface area contributed by atoms with Gasteiger partial charge in [0.2, 0.25) is 15.7 Å². The average molecular weight is 349 g/mol. The SMILES string of the molecule is Cc1ccccc1C(=O)N1CCC(c2nnc(S(C)(=O)=O)o2)CC1. The molecule has 1 aromatic carbocycles. The van der Waals surface area contributed by atoms with Crippen molar-refractivity contribution in [1.29, 1.82) is 0 Å². The Labute approximate surface area is 140 Å². The summed E-state index contributed by atoms with van der Waals surface area (Å²) in [5.74, 6) is 0.334. The smallest absolute Gasteiger partial charge is 0.335 e. The minimum atomic E-state index is -3.49. The molecule has 7 nitrogen and oxygen atoms in total. The zero-order valence-electron chi connectivity index (χ0n) is 13.6. The molecule has 0 atom stereocenters. The second kappa shape index (κ2) is 6.35. The Morgan fingerprint density at radius 2 is 1.88 bits per heavy atom. The van der Waals surface area contributed by atoms with Crippen LogP contribution in [0.5, 0.6) is 0 Å². The molecule has 3 rings (SSSR count). The maximum Gasteiger partial charge on any atom is 0.335 e. The number of hydrogen-bond donors (Lipinski definition) is 0. The van der Waals surface area contributed by atoms with E-state index >= 15 is 0 Å². The molecule has 8 heteroatoms. The van der Waals surface area contributed by atoms with Crippen LogP contribution < -0.4 is 0 Å². The number of likely N-dealkylation sites (tertiary alicyclic amines) is 1. The lowest BCUT2D eigenvalue weighted by Crippen LogP contribution is -2.38. The van der Waals surface area contributed by atoms with Crippen LogP contribution in [0.3, 0.4) is 0 Å². The molecule has 1 aromatic heterocycles. The molecule has 1 amide bonds. The van der Waals surface area contributed by atoms with Crippen molar-refractivity contribution in [3.63, 3.8) is 0 Å². The van der Waals surface area contributed by atoms with Crippen LogP contribution in [0.1, 0.15) is 40.6 Å². The molecular formula is C16H19N3O4S. The molecule has 1 aliphatic heterocycles.